The second kappa shape index (κ2) is 7.33. The monoisotopic (exact) mass is 306 g/mol. The van der Waals surface area contributed by atoms with Gasteiger partial charge in [0.15, 0.2) is 0 Å². The first-order valence-corrected chi connectivity index (χ1v) is 5.73. The summed E-state index contributed by atoms with van der Waals surface area (Å²) in [6, 6.07) is 10.3. The van der Waals surface area contributed by atoms with Crippen molar-refractivity contribution in [3.8, 4) is 5.75 Å². The third kappa shape index (κ3) is 4.56. The fourth-order valence-electron chi connectivity index (χ4n) is 1.39. The van der Waals surface area contributed by atoms with Crippen molar-refractivity contribution < 1.29 is 24.9 Å². The second-order valence-electron chi connectivity index (χ2n) is 3.85. The van der Waals surface area contributed by atoms with Gasteiger partial charge in [-0.2, -0.15) is 0 Å². The fourth-order valence-corrected chi connectivity index (χ4v) is 1.39. The van der Waals surface area contributed by atoms with E-state index in [2.05, 4.69) is 0 Å². The Hall–Kier alpha value is -3.49. The van der Waals surface area contributed by atoms with Crippen LogP contribution >= 0.6 is 0 Å². The molecule has 0 atom stereocenters. The van der Waals surface area contributed by atoms with Crippen molar-refractivity contribution in [3.05, 3.63) is 74.3 Å². The van der Waals surface area contributed by atoms with E-state index in [1.165, 1.54) is 42.5 Å². The maximum atomic E-state index is 10.4. The number of para-hydroxylation sites is 1. The van der Waals surface area contributed by atoms with Crippen LogP contribution in [0.1, 0.15) is 10.4 Å². The molecule has 9 heteroatoms. The van der Waals surface area contributed by atoms with Gasteiger partial charge >= 0.3 is 5.97 Å². The Morgan fingerprint density at radius 3 is 1.86 bits per heavy atom. The topological polar surface area (TPSA) is 144 Å². The van der Waals surface area contributed by atoms with E-state index in [1.54, 1.807) is 0 Å². The van der Waals surface area contributed by atoms with E-state index in [0.29, 0.717) is 0 Å². The standard InChI is InChI=1S/C7H5NO4.C6H5NO3/c9-7(10)5-3-1-2-4-6(5)8(11)12;8-6-3-1-5(2-4-6)7(9)10/h1-4H,(H,9,10);1-4,8H. The van der Waals surface area contributed by atoms with E-state index in [9.17, 15) is 25.0 Å². The molecule has 0 saturated heterocycles. The van der Waals surface area contributed by atoms with E-state index in [1.807, 2.05) is 0 Å². The molecule has 0 spiro atoms. The first-order valence-electron chi connectivity index (χ1n) is 5.73. The highest BCUT2D eigenvalue weighted by atomic mass is 16.6. The van der Waals surface area contributed by atoms with Gasteiger partial charge in [0, 0.05) is 18.2 Å². The van der Waals surface area contributed by atoms with Gasteiger partial charge in [0.1, 0.15) is 11.3 Å². The number of aromatic carboxylic acids is 1. The highest BCUT2D eigenvalue weighted by Crippen LogP contribution is 2.17. The molecule has 0 saturated carbocycles. The summed E-state index contributed by atoms with van der Waals surface area (Å²) in [5.74, 6) is -1.26. The van der Waals surface area contributed by atoms with E-state index in [4.69, 9.17) is 10.2 Å². The lowest BCUT2D eigenvalue weighted by Crippen LogP contribution is -2.01. The maximum Gasteiger partial charge on any atom is 0.342 e. The van der Waals surface area contributed by atoms with Crippen molar-refractivity contribution in [2.24, 2.45) is 0 Å². The number of non-ortho nitro benzene ring substituents is 1. The van der Waals surface area contributed by atoms with Crippen LogP contribution in [0, 0.1) is 20.2 Å². The third-order valence-corrected chi connectivity index (χ3v) is 2.39. The predicted molar refractivity (Wildman–Crippen MR) is 74.8 cm³/mol. The summed E-state index contributed by atoms with van der Waals surface area (Å²) < 4.78 is 0. The number of phenols is 1. The minimum Gasteiger partial charge on any atom is -0.508 e. The molecule has 2 aromatic carbocycles. The van der Waals surface area contributed by atoms with Gasteiger partial charge in [-0.05, 0) is 18.2 Å². The van der Waals surface area contributed by atoms with Crippen molar-refractivity contribution in [1.82, 2.24) is 0 Å². The molecule has 9 nitrogen and oxygen atoms in total. The maximum absolute atomic E-state index is 10.4. The van der Waals surface area contributed by atoms with Crippen LogP contribution in [-0.2, 0) is 0 Å². The molecule has 2 N–H and O–H groups in total. The summed E-state index contributed by atoms with van der Waals surface area (Å²) in [6.07, 6.45) is 0. The Morgan fingerprint density at radius 2 is 1.45 bits per heavy atom. The molecule has 0 fully saturated rings. The Balaban J connectivity index is 0.000000224. The van der Waals surface area contributed by atoms with Gasteiger partial charge in [-0.25, -0.2) is 4.79 Å². The minimum absolute atomic E-state index is 0.0159. The van der Waals surface area contributed by atoms with E-state index in [0.717, 1.165) is 6.07 Å². The van der Waals surface area contributed by atoms with Gasteiger partial charge < -0.3 is 10.2 Å². The Bertz CT molecular complexity index is 665. The third-order valence-electron chi connectivity index (χ3n) is 2.39. The minimum atomic E-state index is -1.29. The number of phenolic OH excluding ortho intramolecular Hbond substituents is 1. The van der Waals surface area contributed by atoms with Crippen molar-refractivity contribution in [2.45, 2.75) is 0 Å². The second-order valence-corrected chi connectivity index (χ2v) is 3.85. The molecule has 2 rings (SSSR count). The number of carbonyl (C=O) groups is 1. The Morgan fingerprint density at radius 1 is 0.909 bits per heavy atom. The van der Waals surface area contributed by atoms with Crippen LogP contribution in [0.25, 0.3) is 0 Å². The molecule has 0 unspecified atom stereocenters. The van der Waals surface area contributed by atoms with Crippen molar-refractivity contribution >= 4 is 17.3 Å². The largest absolute Gasteiger partial charge is 0.508 e. The van der Waals surface area contributed by atoms with Crippen molar-refractivity contribution in [3.63, 3.8) is 0 Å². The van der Waals surface area contributed by atoms with Gasteiger partial charge in [-0.3, -0.25) is 20.2 Å². The molecule has 0 aliphatic carbocycles. The number of carboxylic acid groups (broad SMARTS) is 1. The summed E-state index contributed by atoms with van der Waals surface area (Å²) in [5, 5.41) is 37.5. The number of carboxylic acids is 1. The van der Waals surface area contributed by atoms with Gasteiger partial charge in [0.2, 0.25) is 0 Å². The highest BCUT2D eigenvalue weighted by molar-refractivity contribution is 5.92. The molecule has 2 aromatic rings. The SMILES string of the molecule is O=C(O)c1ccccc1[N+](=O)[O-].O=[N+]([O-])c1ccc(O)cc1. The van der Waals surface area contributed by atoms with Gasteiger partial charge in [-0.1, -0.05) is 12.1 Å². The van der Waals surface area contributed by atoms with Gasteiger partial charge in [-0.15, -0.1) is 0 Å². The highest BCUT2D eigenvalue weighted by Gasteiger charge is 2.17. The molecule has 0 heterocycles. The zero-order chi connectivity index (χ0) is 16.7. The fraction of sp³-hybridized carbons (Fsp3) is 0. The average molecular weight is 306 g/mol. The summed E-state index contributed by atoms with van der Waals surface area (Å²) in [4.78, 5) is 29.5. The number of benzene rings is 2. The van der Waals surface area contributed by atoms with E-state index in [-0.39, 0.29) is 22.7 Å². The zero-order valence-electron chi connectivity index (χ0n) is 10.9. The normalized spacial score (nSPS) is 9.27. The lowest BCUT2D eigenvalue weighted by atomic mass is 10.2. The van der Waals surface area contributed by atoms with Crippen LogP contribution in [0.4, 0.5) is 11.4 Å². The van der Waals surface area contributed by atoms with Crippen LogP contribution in [0.5, 0.6) is 5.75 Å². The van der Waals surface area contributed by atoms with E-state index >= 15 is 0 Å². The summed E-state index contributed by atoms with van der Waals surface area (Å²) >= 11 is 0. The van der Waals surface area contributed by atoms with Crippen LogP contribution < -0.4 is 0 Å². The summed E-state index contributed by atoms with van der Waals surface area (Å²) in [7, 11) is 0. The number of hydrogen-bond acceptors (Lipinski definition) is 6. The Kier molecular flexibility index (Phi) is 5.52. The molecule has 0 radical (unpaired) electrons. The quantitative estimate of drug-likeness (QED) is 0.654. The number of nitro groups is 2. The Labute approximate surface area is 123 Å². The molecule has 22 heavy (non-hydrogen) atoms. The summed E-state index contributed by atoms with van der Waals surface area (Å²) in [5.41, 5.74) is -0.690. The number of hydrogen-bond donors (Lipinski definition) is 2. The van der Waals surface area contributed by atoms with Crippen LogP contribution in [0.15, 0.2) is 48.5 Å². The number of aromatic hydroxyl groups is 1. The molecule has 114 valence electrons. The smallest absolute Gasteiger partial charge is 0.342 e. The molecule has 0 aliphatic heterocycles. The van der Waals surface area contributed by atoms with E-state index < -0.39 is 15.8 Å². The molecule has 0 amide bonds. The number of nitrogens with zero attached hydrogens (tertiary/aromatic N) is 2. The predicted octanol–water partition coefficient (Wildman–Crippen LogP) is 2.59. The molecule has 0 bridgehead atoms. The zero-order valence-corrected chi connectivity index (χ0v) is 10.9. The molecular weight excluding hydrogens is 296 g/mol. The van der Waals surface area contributed by atoms with Gasteiger partial charge in [0.05, 0.1) is 9.85 Å². The number of rotatable bonds is 3. The van der Waals surface area contributed by atoms with Crippen LogP contribution in [-0.4, -0.2) is 26.0 Å². The van der Waals surface area contributed by atoms with Gasteiger partial charge in [0.25, 0.3) is 11.4 Å². The van der Waals surface area contributed by atoms with Crippen LogP contribution in [0.3, 0.4) is 0 Å². The summed E-state index contributed by atoms with van der Waals surface area (Å²) in [6.45, 7) is 0. The molecule has 0 aromatic heterocycles. The lowest BCUT2D eigenvalue weighted by molar-refractivity contribution is -0.385. The van der Waals surface area contributed by atoms with Crippen LogP contribution in [0.2, 0.25) is 0 Å². The lowest BCUT2D eigenvalue weighted by Gasteiger charge is -1.94. The molecular formula is C13H10N2O7. The van der Waals surface area contributed by atoms with Crippen molar-refractivity contribution in [2.75, 3.05) is 0 Å². The first-order chi connectivity index (χ1) is 10.3. The average Bonchev–Trinajstić information content (AvgIpc) is 2.48. The van der Waals surface area contributed by atoms with Crippen molar-refractivity contribution in [1.29, 1.82) is 0 Å². The number of nitro benzene ring substituents is 2. The first kappa shape index (κ1) is 16.6. The molecule has 0 aliphatic rings.